The molecule has 88 valence electrons. The molecular formula is C13H12BrNOS. The van der Waals surface area contributed by atoms with E-state index in [1.54, 1.807) is 6.07 Å². The third kappa shape index (κ3) is 2.42. The van der Waals surface area contributed by atoms with Gasteiger partial charge in [-0.3, -0.25) is 4.79 Å². The van der Waals surface area contributed by atoms with E-state index in [4.69, 9.17) is 5.73 Å². The molecule has 0 amide bonds. The standard InChI is InChI=1S/C13H12BrNOS/c1-7-3-4-9(6-10(7)15)12(16)11-5-8(2)13(14)17-11/h3-6H,15H2,1-2H3. The molecular weight excluding hydrogens is 298 g/mol. The van der Waals surface area contributed by atoms with Crippen molar-refractivity contribution in [3.8, 4) is 0 Å². The fraction of sp³-hybridized carbons (Fsp3) is 0.154. The molecule has 0 aliphatic carbocycles. The first kappa shape index (κ1) is 12.3. The highest BCUT2D eigenvalue weighted by Crippen LogP contribution is 2.29. The van der Waals surface area contributed by atoms with E-state index in [1.165, 1.54) is 11.3 Å². The Morgan fingerprint density at radius 2 is 1.94 bits per heavy atom. The number of halogens is 1. The maximum absolute atomic E-state index is 12.2. The minimum Gasteiger partial charge on any atom is -0.398 e. The van der Waals surface area contributed by atoms with E-state index in [2.05, 4.69) is 15.9 Å². The summed E-state index contributed by atoms with van der Waals surface area (Å²) in [6.45, 7) is 3.90. The lowest BCUT2D eigenvalue weighted by Crippen LogP contribution is -2.00. The molecule has 0 spiro atoms. The van der Waals surface area contributed by atoms with Crippen molar-refractivity contribution in [2.24, 2.45) is 0 Å². The Kier molecular flexibility index (Phi) is 3.35. The second-order valence-corrected chi connectivity index (χ2v) is 6.34. The van der Waals surface area contributed by atoms with Crippen LogP contribution in [-0.4, -0.2) is 5.78 Å². The van der Waals surface area contributed by atoms with Crippen LogP contribution in [0, 0.1) is 13.8 Å². The fourth-order valence-electron chi connectivity index (χ4n) is 1.50. The molecule has 0 bridgehead atoms. The van der Waals surface area contributed by atoms with Crippen LogP contribution < -0.4 is 5.73 Å². The maximum atomic E-state index is 12.2. The van der Waals surface area contributed by atoms with Crippen molar-refractivity contribution >= 4 is 38.7 Å². The first-order valence-electron chi connectivity index (χ1n) is 5.16. The van der Waals surface area contributed by atoms with Crippen LogP contribution in [0.3, 0.4) is 0 Å². The minimum atomic E-state index is 0.0236. The zero-order valence-electron chi connectivity index (χ0n) is 9.58. The Hall–Kier alpha value is -1.13. The van der Waals surface area contributed by atoms with Gasteiger partial charge in [0, 0.05) is 11.3 Å². The van der Waals surface area contributed by atoms with Crippen LogP contribution in [0.15, 0.2) is 28.1 Å². The maximum Gasteiger partial charge on any atom is 0.203 e. The summed E-state index contributed by atoms with van der Waals surface area (Å²) in [4.78, 5) is 12.9. The van der Waals surface area contributed by atoms with Gasteiger partial charge in [-0.25, -0.2) is 0 Å². The van der Waals surface area contributed by atoms with Gasteiger partial charge in [0.2, 0.25) is 5.78 Å². The van der Waals surface area contributed by atoms with Gasteiger partial charge in [0.15, 0.2) is 0 Å². The first-order chi connectivity index (χ1) is 7.99. The average Bonchev–Trinajstić information content (AvgIpc) is 2.62. The lowest BCUT2D eigenvalue weighted by atomic mass is 10.1. The van der Waals surface area contributed by atoms with Gasteiger partial charge in [0.25, 0.3) is 0 Å². The summed E-state index contributed by atoms with van der Waals surface area (Å²) >= 11 is 4.88. The van der Waals surface area contributed by atoms with Gasteiger partial charge in [-0.2, -0.15) is 0 Å². The largest absolute Gasteiger partial charge is 0.398 e. The van der Waals surface area contributed by atoms with Crippen molar-refractivity contribution in [1.82, 2.24) is 0 Å². The molecule has 1 aromatic heterocycles. The van der Waals surface area contributed by atoms with Gasteiger partial charge in [-0.15, -0.1) is 11.3 Å². The van der Waals surface area contributed by atoms with Gasteiger partial charge in [0.05, 0.1) is 8.66 Å². The van der Waals surface area contributed by atoms with Gasteiger partial charge in [0.1, 0.15) is 0 Å². The number of anilines is 1. The summed E-state index contributed by atoms with van der Waals surface area (Å²) < 4.78 is 1.00. The first-order valence-corrected chi connectivity index (χ1v) is 6.76. The van der Waals surface area contributed by atoms with Crippen molar-refractivity contribution in [3.05, 3.63) is 49.6 Å². The molecule has 1 aromatic carbocycles. The van der Waals surface area contributed by atoms with Gasteiger partial charge >= 0.3 is 0 Å². The smallest absolute Gasteiger partial charge is 0.203 e. The predicted molar refractivity (Wildman–Crippen MR) is 75.8 cm³/mol. The number of benzene rings is 1. The zero-order valence-corrected chi connectivity index (χ0v) is 12.0. The van der Waals surface area contributed by atoms with Crippen LogP contribution in [-0.2, 0) is 0 Å². The van der Waals surface area contributed by atoms with E-state index >= 15 is 0 Å². The summed E-state index contributed by atoms with van der Waals surface area (Å²) in [5.41, 5.74) is 9.18. The van der Waals surface area contributed by atoms with Crippen LogP contribution in [0.1, 0.15) is 26.4 Å². The number of thiophene rings is 1. The van der Waals surface area contributed by atoms with Gasteiger partial charge < -0.3 is 5.73 Å². The number of carbonyl (C=O) groups is 1. The third-order valence-electron chi connectivity index (χ3n) is 2.62. The second-order valence-electron chi connectivity index (χ2n) is 3.97. The molecule has 0 fully saturated rings. The molecule has 0 saturated heterocycles. The lowest BCUT2D eigenvalue weighted by Gasteiger charge is -2.02. The highest BCUT2D eigenvalue weighted by atomic mass is 79.9. The molecule has 0 aliphatic rings. The number of carbonyl (C=O) groups excluding carboxylic acids is 1. The van der Waals surface area contributed by atoms with E-state index < -0.39 is 0 Å². The van der Waals surface area contributed by atoms with E-state index in [0.29, 0.717) is 11.3 Å². The highest BCUT2D eigenvalue weighted by molar-refractivity contribution is 9.11. The Bertz CT molecular complexity index is 570. The predicted octanol–water partition coefficient (Wildman–Crippen LogP) is 3.94. The van der Waals surface area contributed by atoms with Crippen LogP contribution in [0.4, 0.5) is 5.69 Å². The Labute approximate surface area is 113 Å². The number of hydrogen-bond acceptors (Lipinski definition) is 3. The number of rotatable bonds is 2. The molecule has 17 heavy (non-hydrogen) atoms. The molecule has 2 rings (SSSR count). The molecule has 0 saturated carbocycles. The number of aryl methyl sites for hydroxylation is 2. The summed E-state index contributed by atoms with van der Waals surface area (Å²) in [5, 5.41) is 0. The topological polar surface area (TPSA) is 43.1 Å². The van der Waals surface area contributed by atoms with Crippen molar-refractivity contribution in [1.29, 1.82) is 0 Å². The Morgan fingerprint density at radius 3 is 2.47 bits per heavy atom. The van der Waals surface area contributed by atoms with E-state index in [0.717, 1.165) is 19.8 Å². The average molecular weight is 310 g/mol. The molecule has 4 heteroatoms. The van der Waals surface area contributed by atoms with Crippen molar-refractivity contribution in [3.63, 3.8) is 0 Å². The summed E-state index contributed by atoms with van der Waals surface area (Å²) in [7, 11) is 0. The molecule has 2 aromatic rings. The summed E-state index contributed by atoms with van der Waals surface area (Å²) in [6.07, 6.45) is 0. The van der Waals surface area contributed by atoms with Gasteiger partial charge in [-0.05, 0) is 53.0 Å². The molecule has 0 unspecified atom stereocenters. The minimum absolute atomic E-state index is 0.0236. The molecule has 0 aliphatic heterocycles. The number of ketones is 1. The van der Waals surface area contributed by atoms with Crippen LogP contribution in [0.25, 0.3) is 0 Å². The summed E-state index contributed by atoms with van der Waals surface area (Å²) in [5.74, 6) is 0.0236. The van der Waals surface area contributed by atoms with E-state index in [1.807, 2.05) is 32.0 Å². The Balaban J connectivity index is 2.40. The molecule has 0 atom stereocenters. The fourth-order valence-corrected chi connectivity index (χ4v) is 2.99. The summed E-state index contributed by atoms with van der Waals surface area (Å²) in [6, 6.07) is 7.32. The number of hydrogen-bond donors (Lipinski definition) is 1. The zero-order chi connectivity index (χ0) is 12.6. The number of nitrogen functional groups attached to an aromatic ring is 1. The third-order valence-corrected chi connectivity index (χ3v) is 4.76. The highest BCUT2D eigenvalue weighted by Gasteiger charge is 2.14. The normalized spacial score (nSPS) is 10.5. The van der Waals surface area contributed by atoms with Crippen LogP contribution >= 0.6 is 27.3 Å². The van der Waals surface area contributed by atoms with Crippen molar-refractivity contribution in [2.75, 3.05) is 5.73 Å². The van der Waals surface area contributed by atoms with Crippen molar-refractivity contribution in [2.45, 2.75) is 13.8 Å². The quantitative estimate of drug-likeness (QED) is 0.674. The SMILES string of the molecule is Cc1ccc(C(=O)c2cc(C)c(Br)s2)cc1N. The van der Waals surface area contributed by atoms with Crippen LogP contribution in [0.5, 0.6) is 0 Å². The lowest BCUT2D eigenvalue weighted by molar-refractivity contribution is 0.104. The number of nitrogens with two attached hydrogens (primary N) is 1. The molecule has 1 heterocycles. The van der Waals surface area contributed by atoms with E-state index in [9.17, 15) is 4.79 Å². The van der Waals surface area contributed by atoms with Crippen LogP contribution in [0.2, 0.25) is 0 Å². The van der Waals surface area contributed by atoms with Gasteiger partial charge in [-0.1, -0.05) is 12.1 Å². The van der Waals surface area contributed by atoms with E-state index in [-0.39, 0.29) is 5.78 Å². The Morgan fingerprint density at radius 1 is 1.24 bits per heavy atom. The molecule has 2 N–H and O–H groups in total. The molecule has 2 nitrogen and oxygen atoms in total. The second kappa shape index (κ2) is 4.63. The van der Waals surface area contributed by atoms with Crippen molar-refractivity contribution < 1.29 is 4.79 Å². The monoisotopic (exact) mass is 309 g/mol. The molecule has 0 radical (unpaired) electrons.